The Morgan fingerprint density at radius 1 is 1.17 bits per heavy atom. The lowest BCUT2D eigenvalue weighted by molar-refractivity contribution is -0.121. The van der Waals surface area contributed by atoms with Crippen molar-refractivity contribution in [2.75, 3.05) is 18.6 Å². The fourth-order valence-electron chi connectivity index (χ4n) is 5.11. The summed E-state index contributed by atoms with van der Waals surface area (Å²) in [5, 5.41) is 10.8. The Kier molecular flexibility index (Phi) is 5.83. The van der Waals surface area contributed by atoms with Gasteiger partial charge in [-0.3, -0.25) is 9.59 Å². The van der Waals surface area contributed by atoms with Gasteiger partial charge in [-0.05, 0) is 30.7 Å². The average Bonchev–Trinajstić information content (AvgIpc) is 3.09. The van der Waals surface area contributed by atoms with E-state index in [-0.39, 0.29) is 35.9 Å². The standard InChI is InChI=1S/C27H23ClN4O4/c1-16-13-22-23(25(33)31(16)11-12-35-2)27(20(14-29)24(30)36-22)19-5-3-4-6-21(19)32(26(27)34)15-17-7-9-18(28)10-8-17/h3-10,13H,11-12,15,30H2,1-2H3. The molecule has 9 heteroatoms. The van der Waals surface area contributed by atoms with Crippen LogP contribution < -0.4 is 20.9 Å². The molecule has 8 nitrogen and oxygen atoms in total. The number of amides is 1. The number of hydrogen-bond acceptors (Lipinski definition) is 6. The second-order valence-electron chi connectivity index (χ2n) is 8.71. The van der Waals surface area contributed by atoms with Gasteiger partial charge in [0, 0.05) is 41.7 Å². The molecule has 1 aromatic heterocycles. The molecular weight excluding hydrogens is 480 g/mol. The molecule has 3 heterocycles. The van der Waals surface area contributed by atoms with E-state index in [1.54, 1.807) is 55.3 Å². The van der Waals surface area contributed by atoms with E-state index in [2.05, 4.69) is 6.07 Å². The molecule has 1 unspecified atom stereocenters. The number of nitriles is 1. The molecule has 2 aliphatic heterocycles. The Labute approximate surface area is 212 Å². The first-order chi connectivity index (χ1) is 17.3. The highest BCUT2D eigenvalue weighted by atomic mass is 35.5. The van der Waals surface area contributed by atoms with Crippen molar-refractivity contribution >= 4 is 23.2 Å². The molecule has 0 saturated heterocycles. The second-order valence-corrected chi connectivity index (χ2v) is 9.15. The van der Waals surface area contributed by atoms with Gasteiger partial charge in [0.15, 0.2) is 5.41 Å². The van der Waals surface area contributed by atoms with Gasteiger partial charge >= 0.3 is 0 Å². The number of ether oxygens (including phenoxy) is 2. The molecule has 5 rings (SSSR count). The topological polar surface area (TPSA) is 111 Å². The van der Waals surface area contributed by atoms with Crippen molar-refractivity contribution in [2.24, 2.45) is 5.73 Å². The molecule has 2 N–H and O–H groups in total. The monoisotopic (exact) mass is 502 g/mol. The van der Waals surface area contributed by atoms with Crippen molar-refractivity contribution in [3.8, 4) is 11.8 Å². The largest absolute Gasteiger partial charge is 0.440 e. The number of pyridine rings is 1. The van der Waals surface area contributed by atoms with Crippen LogP contribution >= 0.6 is 11.6 Å². The molecule has 0 aliphatic carbocycles. The zero-order valence-corrected chi connectivity index (χ0v) is 20.5. The maximum absolute atomic E-state index is 14.5. The van der Waals surface area contributed by atoms with E-state index in [4.69, 9.17) is 26.8 Å². The van der Waals surface area contributed by atoms with Gasteiger partial charge in [-0.2, -0.15) is 5.26 Å². The normalized spacial score (nSPS) is 18.2. The van der Waals surface area contributed by atoms with Crippen LogP contribution in [0.25, 0.3) is 0 Å². The van der Waals surface area contributed by atoms with E-state index < -0.39 is 16.9 Å². The minimum absolute atomic E-state index is 0.0750. The van der Waals surface area contributed by atoms with Gasteiger partial charge in [0.05, 0.1) is 18.7 Å². The summed E-state index contributed by atoms with van der Waals surface area (Å²) >= 11 is 6.05. The van der Waals surface area contributed by atoms with E-state index in [1.165, 1.54) is 4.57 Å². The quantitative estimate of drug-likeness (QED) is 0.572. The Morgan fingerprint density at radius 3 is 2.58 bits per heavy atom. The highest BCUT2D eigenvalue weighted by Gasteiger charge is 2.60. The lowest BCUT2D eigenvalue weighted by Gasteiger charge is -2.34. The summed E-state index contributed by atoms with van der Waals surface area (Å²) < 4.78 is 12.5. The molecule has 36 heavy (non-hydrogen) atoms. The first-order valence-corrected chi connectivity index (χ1v) is 11.7. The summed E-state index contributed by atoms with van der Waals surface area (Å²) in [5.41, 5.74) is 6.58. The Balaban J connectivity index is 1.80. The molecule has 0 saturated carbocycles. The van der Waals surface area contributed by atoms with Crippen molar-refractivity contribution in [1.29, 1.82) is 5.26 Å². The van der Waals surface area contributed by atoms with Crippen LogP contribution in [-0.4, -0.2) is 24.2 Å². The van der Waals surface area contributed by atoms with E-state index in [0.717, 1.165) is 5.56 Å². The average molecular weight is 503 g/mol. The van der Waals surface area contributed by atoms with Crippen molar-refractivity contribution in [3.63, 3.8) is 0 Å². The molecule has 1 amide bonds. The third kappa shape index (κ3) is 3.32. The molecule has 0 bridgehead atoms. The second kappa shape index (κ2) is 8.86. The third-order valence-corrected chi connectivity index (χ3v) is 6.99. The smallest absolute Gasteiger partial charge is 0.259 e. The summed E-state index contributed by atoms with van der Waals surface area (Å²) in [4.78, 5) is 30.1. The Morgan fingerprint density at radius 2 is 1.89 bits per heavy atom. The predicted octanol–water partition coefficient (Wildman–Crippen LogP) is 3.38. The number of para-hydroxylation sites is 1. The minimum atomic E-state index is -1.74. The highest BCUT2D eigenvalue weighted by Crippen LogP contribution is 2.54. The number of benzene rings is 2. The summed E-state index contributed by atoms with van der Waals surface area (Å²) in [7, 11) is 1.55. The lowest BCUT2D eigenvalue weighted by Crippen LogP contribution is -2.50. The van der Waals surface area contributed by atoms with Crippen molar-refractivity contribution in [1.82, 2.24) is 4.57 Å². The number of halogens is 1. The Hall–Kier alpha value is -4.06. The number of rotatable bonds is 5. The molecule has 2 aliphatic rings. The fraction of sp³-hybridized carbons (Fsp3) is 0.222. The van der Waals surface area contributed by atoms with Gasteiger partial charge in [0.25, 0.3) is 5.56 Å². The van der Waals surface area contributed by atoms with Gasteiger partial charge < -0.3 is 24.7 Å². The number of nitrogens with zero attached hydrogens (tertiary/aromatic N) is 3. The number of nitrogens with two attached hydrogens (primary N) is 1. The van der Waals surface area contributed by atoms with Gasteiger partial charge in [-0.25, -0.2) is 0 Å². The molecule has 182 valence electrons. The van der Waals surface area contributed by atoms with Crippen LogP contribution in [0.15, 0.2) is 70.8 Å². The molecule has 1 spiro atoms. The molecule has 0 fully saturated rings. The van der Waals surface area contributed by atoms with Gasteiger partial charge in [0.1, 0.15) is 17.4 Å². The molecule has 2 aromatic carbocycles. The van der Waals surface area contributed by atoms with Crippen LogP contribution in [0, 0.1) is 18.3 Å². The van der Waals surface area contributed by atoms with Crippen molar-refractivity contribution in [2.45, 2.75) is 25.4 Å². The lowest BCUT2D eigenvalue weighted by atomic mass is 9.69. The van der Waals surface area contributed by atoms with Gasteiger partial charge in [0.2, 0.25) is 11.8 Å². The van der Waals surface area contributed by atoms with Crippen LogP contribution in [0.5, 0.6) is 5.75 Å². The molecule has 3 aromatic rings. The number of aromatic nitrogens is 1. The van der Waals surface area contributed by atoms with Crippen LogP contribution in [0.1, 0.15) is 22.4 Å². The summed E-state index contributed by atoms with van der Waals surface area (Å²) in [6, 6.07) is 18.1. The van der Waals surface area contributed by atoms with Gasteiger partial charge in [-0.1, -0.05) is 41.9 Å². The number of aryl methyl sites for hydroxylation is 1. The van der Waals surface area contributed by atoms with Crippen LogP contribution in [0.2, 0.25) is 5.02 Å². The maximum atomic E-state index is 14.5. The summed E-state index contributed by atoms with van der Waals surface area (Å²) in [6.45, 7) is 2.55. The first kappa shape index (κ1) is 23.7. The summed E-state index contributed by atoms with van der Waals surface area (Å²) in [6.07, 6.45) is 0. The number of hydrogen-bond donors (Lipinski definition) is 1. The van der Waals surface area contributed by atoms with E-state index >= 15 is 0 Å². The van der Waals surface area contributed by atoms with Crippen LogP contribution in [0.4, 0.5) is 5.69 Å². The number of methoxy groups -OCH3 is 1. The van der Waals surface area contributed by atoms with Crippen LogP contribution in [0.3, 0.4) is 0 Å². The van der Waals surface area contributed by atoms with E-state index in [9.17, 15) is 14.9 Å². The Bertz CT molecular complexity index is 1520. The highest BCUT2D eigenvalue weighted by molar-refractivity contribution is 6.30. The van der Waals surface area contributed by atoms with Gasteiger partial charge in [-0.15, -0.1) is 0 Å². The number of carbonyl (C=O) groups excluding carboxylic acids is 1. The van der Waals surface area contributed by atoms with E-state index in [1.807, 2.05) is 18.2 Å². The predicted molar refractivity (Wildman–Crippen MR) is 135 cm³/mol. The number of fused-ring (bicyclic) bond motifs is 4. The van der Waals surface area contributed by atoms with E-state index in [0.29, 0.717) is 28.6 Å². The van der Waals surface area contributed by atoms with Crippen molar-refractivity contribution in [3.05, 3.63) is 104 Å². The van der Waals surface area contributed by atoms with Crippen LogP contribution in [-0.2, 0) is 28.0 Å². The molecular formula is C27H23ClN4O4. The fourth-order valence-corrected chi connectivity index (χ4v) is 5.24. The molecule has 0 radical (unpaired) electrons. The zero-order valence-electron chi connectivity index (χ0n) is 19.7. The first-order valence-electron chi connectivity index (χ1n) is 11.3. The maximum Gasteiger partial charge on any atom is 0.259 e. The summed E-state index contributed by atoms with van der Waals surface area (Å²) in [5.74, 6) is -0.476. The third-order valence-electron chi connectivity index (χ3n) is 6.74. The molecule has 1 atom stereocenters. The van der Waals surface area contributed by atoms with Crippen molar-refractivity contribution < 1.29 is 14.3 Å². The number of anilines is 1. The SMILES string of the molecule is COCCn1c(C)cc2c(c1=O)C1(C(=O)N(Cc3ccc(Cl)cc3)c3ccccc31)C(C#N)=C(N)O2. The number of carbonyl (C=O) groups is 1. The minimum Gasteiger partial charge on any atom is -0.440 e. The zero-order chi connectivity index (χ0) is 25.6.